The number of nitrogens with one attached hydrogen (secondary N) is 1. The van der Waals surface area contributed by atoms with E-state index in [1.165, 1.54) is 14.1 Å². The number of amides is 1. The van der Waals surface area contributed by atoms with Gasteiger partial charge in [-0.3, -0.25) is 4.79 Å². The molecule has 7 nitrogen and oxygen atoms in total. The fourth-order valence-corrected chi connectivity index (χ4v) is 5.27. The molecule has 164 valence electrons. The third-order valence-corrected chi connectivity index (χ3v) is 6.88. The SMILES string of the molecule is CN(C)C(=O)[C@H]1CCN(c2cc(F)cc3c2NC(C2CC2)=NS3(=O)=O)[C@H]1C(F)(F)F. The molecule has 2 aliphatic heterocycles. The van der Waals surface area contributed by atoms with E-state index in [0.717, 1.165) is 21.9 Å². The zero-order valence-corrected chi connectivity index (χ0v) is 17.0. The summed E-state index contributed by atoms with van der Waals surface area (Å²) in [6.07, 6.45) is -3.46. The normalized spacial score (nSPS) is 25.4. The molecule has 0 radical (unpaired) electrons. The van der Waals surface area contributed by atoms with Gasteiger partial charge < -0.3 is 15.1 Å². The van der Waals surface area contributed by atoms with Gasteiger partial charge in [-0.1, -0.05) is 0 Å². The molecule has 2 fully saturated rings. The predicted molar refractivity (Wildman–Crippen MR) is 101 cm³/mol. The summed E-state index contributed by atoms with van der Waals surface area (Å²) in [5.41, 5.74) is -0.362. The summed E-state index contributed by atoms with van der Waals surface area (Å²) in [6.45, 7) is -0.179. The van der Waals surface area contributed by atoms with Gasteiger partial charge in [-0.15, -0.1) is 4.40 Å². The van der Waals surface area contributed by atoms with Crippen LogP contribution >= 0.6 is 0 Å². The van der Waals surface area contributed by atoms with Crippen molar-refractivity contribution in [2.45, 2.75) is 36.4 Å². The van der Waals surface area contributed by atoms with Gasteiger partial charge in [0.25, 0.3) is 10.0 Å². The Balaban J connectivity index is 1.83. The number of carbonyl (C=O) groups is 1. The van der Waals surface area contributed by atoms with Crippen LogP contribution in [0.15, 0.2) is 21.4 Å². The van der Waals surface area contributed by atoms with Gasteiger partial charge in [0.1, 0.15) is 22.6 Å². The molecule has 1 aromatic rings. The molecule has 0 bridgehead atoms. The minimum atomic E-state index is -4.78. The first kappa shape index (κ1) is 20.9. The van der Waals surface area contributed by atoms with Crippen LogP contribution in [-0.4, -0.2) is 57.9 Å². The highest BCUT2D eigenvalue weighted by atomic mass is 32.2. The Labute approximate surface area is 170 Å². The van der Waals surface area contributed by atoms with E-state index < -0.39 is 44.8 Å². The van der Waals surface area contributed by atoms with Crippen LogP contribution in [0.5, 0.6) is 0 Å². The molecule has 12 heteroatoms. The number of carbonyl (C=O) groups excluding carboxylic acids is 1. The van der Waals surface area contributed by atoms with Gasteiger partial charge in [0.05, 0.1) is 17.3 Å². The molecule has 0 aromatic heterocycles. The van der Waals surface area contributed by atoms with Gasteiger partial charge in [-0.25, -0.2) is 4.39 Å². The first-order valence-electron chi connectivity index (χ1n) is 9.40. The Morgan fingerprint density at radius 1 is 1.23 bits per heavy atom. The number of benzene rings is 1. The summed E-state index contributed by atoms with van der Waals surface area (Å²) < 4.78 is 85.1. The van der Waals surface area contributed by atoms with Crippen molar-refractivity contribution >= 4 is 33.1 Å². The largest absolute Gasteiger partial charge is 0.409 e. The van der Waals surface area contributed by atoms with Crippen LogP contribution in [0.3, 0.4) is 0 Å². The van der Waals surface area contributed by atoms with E-state index in [4.69, 9.17) is 0 Å². The molecule has 2 atom stereocenters. The Morgan fingerprint density at radius 2 is 1.90 bits per heavy atom. The van der Waals surface area contributed by atoms with Crippen molar-refractivity contribution in [1.82, 2.24) is 4.90 Å². The maximum absolute atomic E-state index is 14.3. The average molecular weight is 448 g/mol. The molecule has 1 N–H and O–H groups in total. The second-order valence-electron chi connectivity index (χ2n) is 7.96. The number of amidine groups is 1. The minimum absolute atomic E-state index is 0.0944. The number of fused-ring (bicyclic) bond motifs is 1. The number of hydrogen-bond acceptors (Lipinski definition) is 5. The highest BCUT2D eigenvalue weighted by Crippen LogP contribution is 2.46. The molecule has 4 rings (SSSR count). The van der Waals surface area contributed by atoms with Gasteiger partial charge in [0, 0.05) is 26.6 Å². The Kier molecular flexibility index (Phi) is 4.75. The maximum atomic E-state index is 14.3. The number of alkyl halides is 3. The standard InChI is InChI=1S/C18H20F4N4O3S/c1-25(2)17(27)11-5-6-26(15(11)18(20,21)22)12-7-10(19)8-13-14(12)23-16(9-3-4-9)24-30(13,28)29/h7-9,11,15H,3-6H2,1-2H3,(H,23,24)/t11-,15+/m0/s1. The van der Waals surface area contributed by atoms with Crippen LogP contribution in [0.4, 0.5) is 28.9 Å². The van der Waals surface area contributed by atoms with E-state index in [-0.39, 0.29) is 36.1 Å². The third kappa shape index (κ3) is 3.50. The summed E-state index contributed by atoms with van der Waals surface area (Å²) in [5, 5.41) is 2.83. The summed E-state index contributed by atoms with van der Waals surface area (Å²) in [6, 6.07) is -0.584. The Morgan fingerprint density at radius 3 is 2.47 bits per heavy atom. The highest BCUT2D eigenvalue weighted by Gasteiger charge is 2.55. The van der Waals surface area contributed by atoms with Crippen LogP contribution in [0.25, 0.3) is 0 Å². The molecule has 2 heterocycles. The van der Waals surface area contributed by atoms with Crippen molar-refractivity contribution in [3.05, 3.63) is 17.9 Å². The lowest BCUT2D eigenvalue weighted by Gasteiger charge is -2.34. The van der Waals surface area contributed by atoms with E-state index >= 15 is 0 Å². The molecule has 1 aliphatic carbocycles. The summed E-state index contributed by atoms with van der Waals surface area (Å²) in [5.74, 6) is -3.03. The molecule has 30 heavy (non-hydrogen) atoms. The maximum Gasteiger partial charge on any atom is 0.409 e. The summed E-state index contributed by atoms with van der Waals surface area (Å²) >= 11 is 0. The number of rotatable bonds is 3. The fraction of sp³-hybridized carbons (Fsp3) is 0.556. The topological polar surface area (TPSA) is 82.1 Å². The lowest BCUT2D eigenvalue weighted by molar-refractivity contribution is -0.164. The van der Waals surface area contributed by atoms with E-state index in [2.05, 4.69) is 9.71 Å². The second-order valence-corrected chi connectivity index (χ2v) is 9.53. The van der Waals surface area contributed by atoms with Crippen LogP contribution < -0.4 is 10.2 Å². The molecule has 1 saturated heterocycles. The molecule has 1 saturated carbocycles. The molecule has 0 spiro atoms. The number of halogens is 4. The van der Waals surface area contributed by atoms with E-state index in [0.29, 0.717) is 12.8 Å². The van der Waals surface area contributed by atoms with E-state index in [9.17, 15) is 30.8 Å². The van der Waals surface area contributed by atoms with E-state index in [1.54, 1.807) is 0 Å². The average Bonchev–Trinajstić information content (AvgIpc) is 3.37. The van der Waals surface area contributed by atoms with Crippen LogP contribution in [0, 0.1) is 17.7 Å². The molecular weight excluding hydrogens is 428 g/mol. The monoisotopic (exact) mass is 448 g/mol. The van der Waals surface area contributed by atoms with Gasteiger partial charge in [0.2, 0.25) is 5.91 Å². The van der Waals surface area contributed by atoms with Crippen molar-refractivity contribution in [2.24, 2.45) is 16.2 Å². The van der Waals surface area contributed by atoms with Crippen molar-refractivity contribution < 1.29 is 30.8 Å². The first-order chi connectivity index (χ1) is 13.9. The quantitative estimate of drug-likeness (QED) is 0.719. The molecule has 3 aliphatic rings. The lowest BCUT2D eigenvalue weighted by atomic mass is 9.98. The number of hydrogen-bond donors (Lipinski definition) is 1. The Hall–Kier alpha value is -2.37. The highest BCUT2D eigenvalue weighted by molar-refractivity contribution is 7.90. The van der Waals surface area contributed by atoms with Gasteiger partial charge in [-0.05, 0) is 31.4 Å². The first-order valence-corrected chi connectivity index (χ1v) is 10.8. The van der Waals surface area contributed by atoms with Gasteiger partial charge in [0.15, 0.2) is 0 Å². The van der Waals surface area contributed by atoms with Crippen LogP contribution in [0.1, 0.15) is 19.3 Å². The number of sulfonamides is 1. The van der Waals surface area contributed by atoms with Gasteiger partial charge >= 0.3 is 6.18 Å². The van der Waals surface area contributed by atoms with Crippen molar-refractivity contribution in [2.75, 3.05) is 30.9 Å². The molecule has 1 amide bonds. The third-order valence-electron chi connectivity index (χ3n) is 5.56. The molecular formula is C18H20F4N4O3S. The van der Waals surface area contributed by atoms with Gasteiger partial charge in [-0.2, -0.15) is 21.6 Å². The van der Waals surface area contributed by atoms with E-state index in [1.807, 2.05) is 0 Å². The summed E-state index contributed by atoms with van der Waals surface area (Å²) in [4.78, 5) is 13.8. The number of nitrogens with zero attached hydrogens (tertiary/aromatic N) is 3. The van der Waals surface area contributed by atoms with Crippen molar-refractivity contribution in [3.63, 3.8) is 0 Å². The minimum Gasteiger partial charge on any atom is -0.357 e. The lowest BCUT2D eigenvalue weighted by Crippen LogP contribution is -2.49. The van der Waals surface area contributed by atoms with Crippen LogP contribution in [-0.2, 0) is 14.8 Å². The zero-order chi connectivity index (χ0) is 22.0. The second kappa shape index (κ2) is 6.82. The predicted octanol–water partition coefficient (Wildman–Crippen LogP) is 2.59. The van der Waals surface area contributed by atoms with Crippen molar-refractivity contribution in [1.29, 1.82) is 0 Å². The fourth-order valence-electron chi connectivity index (χ4n) is 4.04. The smallest absolute Gasteiger partial charge is 0.357 e. The zero-order valence-electron chi connectivity index (χ0n) is 16.2. The molecule has 1 aromatic carbocycles. The summed E-state index contributed by atoms with van der Waals surface area (Å²) in [7, 11) is -1.52. The Bertz CT molecular complexity index is 1030. The van der Waals surface area contributed by atoms with Crippen molar-refractivity contribution in [3.8, 4) is 0 Å². The molecule has 0 unspecified atom stereocenters. The number of anilines is 2. The van der Waals surface area contributed by atoms with Crippen LogP contribution in [0.2, 0.25) is 0 Å².